The minimum Gasteiger partial charge on any atom is -0.497 e. The summed E-state index contributed by atoms with van der Waals surface area (Å²) in [6.07, 6.45) is 0.288. The number of benzene rings is 1. The Balaban J connectivity index is 1.55. The number of ether oxygens (including phenoxy) is 1. The number of fused-ring (bicyclic) bond motifs is 1. The van der Waals surface area contributed by atoms with Crippen LogP contribution in [0.15, 0.2) is 30.3 Å². The molecule has 1 aromatic carbocycles. The summed E-state index contributed by atoms with van der Waals surface area (Å²) in [6, 6.07) is 9.41. The molecule has 0 fully saturated rings. The second-order valence-electron chi connectivity index (χ2n) is 6.75. The van der Waals surface area contributed by atoms with Crippen molar-refractivity contribution in [2.75, 3.05) is 27.7 Å². The predicted octanol–water partition coefficient (Wildman–Crippen LogP) is 1.25. The highest BCUT2D eigenvalue weighted by Crippen LogP contribution is 2.15. The molecular weight excluding hydrogens is 346 g/mol. The van der Waals surface area contributed by atoms with Gasteiger partial charge >= 0.3 is 6.03 Å². The van der Waals surface area contributed by atoms with E-state index in [-0.39, 0.29) is 18.4 Å². The van der Waals surface area contributed by atoms with Gasteiger partial charge < -0.3 is 19.9 Å². The first kappa shape index (κ1) is 18.8. The molecule has 2 aromatic rings. The first-order chi connectivity index (χ1) is 13.0. The summed E-state index contributed by atoms with van der Waals surface area (Å²) in [4.78, 5) is 27.7. The van der Waals surface area contributed by atoms with Crippen molar-refractivity contribution in [3.05, 3.63) is 47.3 Å². The van der Waals surface area contributed by atoms with Crippen molar-refractivity contribution >= 4 is 11.9 Å². The van der Waals surface area contributed by atoms with E-state index in [0.29, 0.717) is 26.2 Å². The molecule has 2 heterocycles. The molecule has 8 nitrogen and oxygen atoms in total. The van der Waals surface area contributed by atoms with E-state index in [9.17, 15) is 9.59 Å². The summed E-state index contributed by atoms with van der Waals surface area (Å²) in [5, 5.41) is 7.43. The quantitative estimate of drug-likeness (QED) is 0.858. The Hall–Kier alpha value is -3.03. The molecule has 0 aliphatic carbocycles. The van der Waals surface area contributed by atoms with Gasteiger partial charge in [-0.1, -0.05) is 12.1 Å². The van der Waals surface area contributed by atoms with E-state index >= 15 is 0 Å². The first-order valence-electron chi connectivity index (χ1n) is 8.87. The van der Waals surface area contributed by atoms with Crippen molar-refractivity contribution in [1.82, 2.24) is 24.9 Å². The number of rotatable bonds is 5. The molecule has 0 bridgehead atoms. The monoisotopic (exact) mass is 371 g/mol. The van der Waals surface area contributed by atoms with Crippen LogP contribution >= 0.6 is 0 Å². The van der Waals surface area contributed by atoms with Gasteiger partial charge in [0, 0.05) is 20.6 Å². The Labute approximate surface area is 158 Å². The van der Waals surface area contributed by atoms with E-state index in [4.69, 9.17) is 4.74 Å². The molecule has 0 unspecified atom stereocenters. The van der Waals surface area contributed by atoms with Gasteiger partial charge in [-0.2, -0.15) is 5.10 Å². The van der Waals surface area contributed by atoms with Crippen molar-refractivity contribution in [3.8, 4) is 5.75 Å². The zero-order chi connectivity index (χ0) is 19.4. The Kier molecular flexibility index (Phi) is 5.63. The highest BCUT2D eigenvalue weighted by molar-refractivity contribution is 5.78. The van der Waals surface area contributed by atoms with E-state index in [1.165, 1.54) is 0 Å². The molecule has 0 radical (unpaired) electrons. The standard InChI is InChI=1S/C19H25N5O3/c1-22(2)19(26)23-7-8-24-16(13-23)11-15(21-24)12-20-18(25)10-14-5-4-6-17(9-14)27-3/h4-6,9,11H,7-8,10,12-13H2,1-3H3,(H,20,25). The van der Waals surface area contributed by atoms with Crippen molar-refractivity contribution in [3.63, 3.8) is 0 Å². The van der Waals surface area contributed by atoms with Gasteiger partial charge in [-0.15, -0.1) is 0 Å². The molecule has 1 aromatic heterocycles. The second kappa shape index (κ2) is 8.11. The smallest absolute Gasteiger partial charge is 0.319 e. The summed E-state index contributed by atoms with van der Waals surface area (Å²) in [5.41, 5.74) is 2.67. The number of nitrogens with one attached hydrogen (secondary N) is 1. The molecule has 1 N–H and O–H groups in total. The zero-order valence-electron chi connectivity index (χ0n) is 15.9. The van der Waals surface area contributed by atoms with Crippen LogP contribution in [0.3, 0.4) is 0 Å². The molecule has 3 rings (SSSR count). The Morgan fingerprint density at radius 3 is 2.81 bits per heavy atom. The number of hydrogen-bond donors (Lipinski definition) is 1. The van der Waals surface area contributed by atoms with E-state index < -0.39 is 0 Å². The predicted molar refractivity (Wildman–Crippen MR) is 100 cm³/mol. The molecule has 3 amide bonds. The molecule has 0 atom stereocenters. The summed E-state index contributed by atoms with van der Waals surface area (Å²) in [6.45, 7) is 2.19. The van der Waals surface area contributed by atoms with Gasteiger partial charge in [-0.05, 0) is 23.8 Å². The molecule has 1 aliphatic heterocycles. The zero-order valence-corrected chi connectivity index (χ0v) is 15.9. The van der Waals surface area contributed by atoms with Crippen LogP contribution in [0, 0.1) is 0 Å². The molecule has 144 valence electrons. The maximum atomic E-state index is 12.2. The van der Waals surface area contributed by atoms with Gasteiger partial charge in [-0.3, -0.25) is 9.48 Å². The first-order valence-corrected chi connectivity index (χ1v) is 8.87. The Morgan fingerprint density at radius 1 is 1.26 bits per heavy atom. The van der Waals surface area contributed by atoms with Crippen LogP contribution in [0.2, 0.25) is 0 Å². The maximum Gasteiger partial charge on any atom is 0.319 e. The van der Waals surface area contributed by atoms with Crippen LogP contribution < -0.4 is 10.1 Å². The number of urea groups is 1. The third-order valence-electron chi connectivity index (χ3n) is 4.47. The summed E-state index contributed by atoms with van der Waals surface area (Å²) in [5.74, 6) is 0.664. The van der Waals surface area contributed by atoms with E-state index in [0.717, 1.165) is 22.7 Å². The number of nitrogens with zero attached hydrogens (tertiary/aromatic N) is 4. The molecule has 1 aliphatic rings. The minimum atomic E-state index is -0.0707. The molecule has 0 spiro atoms. The summed E-state index contributed by atoms with van der Waals surface area (Å²) < 4.78 is 7.08. The van der Waals surface area contributed by atoms with Crippen molar-refractivity contribution < 1.29 is 14.3 Å². The molecular formula is C19H25N5O3. The van der Waals surface area contributed by atoms with Crippen LogP contribution in [0.4, 0.5) is 4.79 Å². The Bertz CT molecular complexity index is 831. The lowest BCUT2D eigenvalue weighted by Crippen LogP contribution is -2.43. The lowest BCUT2D eigenvalue weighted by molar-refractivity contribution is -0.120. The highest BCUT2D eigenvalue weighted by Gasteiger charge is 2.23. The van der Waals surface area contributed by atoms with Crippen molar-refractivity contribution in [2.45, 2.75) is 26.1 Å². The fraction of sp³-hybridized carbons (Fsp3) is 0.421. The maximum absolute atomic E-state index is 12.2. The fourth-order valence-corrected chi connectivity index (χ4v) is 3.08. The van der Waals surface area contributed by atoms with Crippen LogP contribution in [0.25, 0.3) is 0 Å². The number of methoxy groups -OCH3 is 1. The second-order valence-corrected chi connectivity index (χ2v) is 6.75. The topological polar surface area (TPSA) is 79.7 Å². The number of carbonyl (C=O) groups is 2. The average Bonchev–Trinajstić information content (AvgIpc) is 3.08. The van der Waals surface area contributed by atoms with E-state index in [1.54, 1.807) is 31.0 Å². The number of amides is 3. The highest BCUT2D eigenvalue weighted by atomic mass is 16.5. The van der Waals surface area contributed by atoms with Crippen LogP contribution in [-0.4, -0.2) is 59.3 Å². The third kappa shape index (κ3) is 4.58. The number of hydrogen-bond acceptors (Lipinski definition) is 4. The van der Waals surface area contributed by atoms with Crippen molar-refractivity contribution in [2.24, 2.45) is 0 Å². The van der Waals surface area contributed by atoms with Crippen molar-refractivity contribution in [1.29, 1.82) is 0 Å². The average molecular weight is 371 g/mol. The summed E-state index contributed by atoms with van der Waals surface area (Å²) >= 11 is 0. The molecule has 27 heavy (non-hydrogen) atoms. The molecule has 0 saturated carbocycles. The fourth-order valence-electron chi connectivity index (χ4n) is 3.08. The summed E-state index contributed by atoms with van der Waals surface area (Å²) in [7, 11) is 5.10. The van der Waals surface area contributed by atoms with Gasteiger partial charge in [0.1, 0.15) is 5.75 Å². The lowest BCUT2D eigenvalue weighted by Gasteiger charge is -2.29. The van der Waals surface area contributed by atoms with E-state index in [2.05, 4.69) is 10.4 Å². The number of aromatic nitrogens is 2. The van der Waals surface area contributed by atoms with Gasteiger partial charge in [0.2, 0.25) is 5.91 Å². The van der Waals surface area contributed by atoms with Crippen LogP contribution in [0.5, 0.6) is 5.75 Å². The van der Waals surface area contributed by atoms with Gasteiger partial charge in [0.05, 0.1) is 44.6 Å². The van der Waals surface area contributed by atoms with E-state index in [1.807, 2.05) is 35.0 Å². The number of carbonyl (C=O) groups excluding carboxylic acids is 2. The SMILES string of the molecule is COc1cccc(CC(=O)NCc2cc3n(n2)CCN(C(=O)N(C)C)C3)c1. The van der Waals surface area contributed by atoms with Crippen LogP contribution in [0.1, 0.15) is 17.0 Å². The van der Waals surface area contributed by atoms with Gasteiger partial charge in [-0.25, -0.2) is 4.79 Å². The Morgan fingerprint density at radius 2 is 2.07 bits per heavy atom. The largest absolute Gasteiger partial charge is 0.497 e. The van der Waals surface area contributed by atoms with Crippen LogP contribution in [-0.2, 0) is 30.8 Å². The molecule has 0 saturated heterocycles. The molecule has 8 heteroatoms. The normalized spacial score (nSPS) is 13.1. The minimum absolute atomic E-state index is 0.00408. The lowest BCUT2D eigenvalue weighted by atomic mass is 10.1. The van der Waals surface area contributed by atoms with Gasteiger partial charge in [0.25, 0.3) is 0 Å². The van der Waals surface area contributed by atoms with Gasteiger partial charge in [0.15, 0.2) is 0 Å². The third-order valence-corrected chi connectivity index (χ3v) is 4.47.